The summed E-state index contributed by atoms with van der Waals surface area (Å²) in [6, 6.07) is 6.20. The molecule has 0 radical (unpaired) electrons. The van der Waals surface area contributed by atoms with Crippen molar-refractivity contribution in [2.24, 2.45) is 0 Å². The van der Waals surface area contributed by atoms with Crippen LogP contribution in [0.5, 0.6) is 0 Å². The minimum absolute atomic E-state index is 0.00550. The average Bonchev–Trinajstić information content (AvgIpc) is 3.07. The summed E-state index contributed by atoms with van der Waals surface area (Å²) >= 11 is 7.11. The Bertz CT molecular complexity index is 912. The molecule has 0 aliphatic rings. The van der Waals surface area contributed by atoms with Crippen molar-refractivity contribution in [3.63, 3.8) is 0 Å². The van der Waals surface area contributed by atoms with Crippen molar-refractivity contribution < 1.29 is 18.0 Å². The van der Waals surface area contributed by atoms with Crippen LogP contribution in [0.1, 0.15) is 16.1 Å². The Balaban J connectivity index is 1.83. The zero-order valence-corrected chi connectivity index (χ0v) is 13.9. The minimum atomic E-state index is -4.53. The SMILES string of the molecule is O=C(Nc1cc(C(F)(F)F)ccc1Cl)c1csc(-c2ccncc2)n1. The molecule has 0 saturated carbocycles. The number of carbonyl (C=O) groups is 1. The largest absolute Gasteiger partial charge is 0.416 e. The molecule has 3 rings (SSSR count). The van der Waals surface area contributed by atoms with E-state index in [-0.39, 0.29) is 16.4 Å². The summed E-state index contributed by atoms with van der Waals surface area (Å²) in [5.74, 6) is -0.641. The molecule has 1 N–H and O–H groups in total. The third kappa shape index (κ3) is 3.97. The van der Waals surface area contributed by atoms with Gasteiger partial charge in [-0.2, -0.15) is 13.2 Å². The Morgan fingerprint density at radius 2 is 1.88 bits per heavy atom. The van der Waals surface area contributed by atoms with Crippen LogP contribution >= 0.6 is 22.9 Å². The Hall–Kier alpha value is -2.45. The van der Waals surface area contributed by atoms with E-state index in [9.17, 15) is 18.0 Å². The summed E-state index contributed by atoms with van der Waals surface area (Å²) in [5.41, 5.74) is -0.149. The molecular formula is C16H9ClF3N3OS. The fourth-order valence-electron chi connectivity index (χ4n) is 1.99. The number of thiazole rings is 1. The van der Waals surface area contributed by atoms with Gasteiger partial charge in [0.25, 0.3) is 5.91 Å². The molecule has 0 aliphatic carbocycles. The lowest BCUT2D eigenvalue weighted by Gasteiger charge is -2.11. The van der Waals surface area contributed by atoms with E-state index >= 15 is 0 Å². The molecule has 0 fully saturated rings. The maximum Gasteiger partial charge on any atom is 0.416 e. The maximum absolute atomic E-state index is 12.8. The first-order chi connectivity index (χ1) is 11.8. The van der Waals surface area contributed by atoms with Gasteiger partial charge in [-0.25, -0.2) is 4.98 Å². The topological polar surface area (TPSA) is 54.9 Å². The fraction of sp³-hybridized carbons (Fsp3) is 0.0625. The van der Waals surface area contributed by atoms with Crippen LogP contribution in [0.15, 0.2) is 48.1 Å². The number of nitrogens with one attached hydrogen (secondary N) is 1. The molecule has 0 atom stereocenters. The molecule has 1 aromatic carbocycles. The van der Waals surface area contributed by atoms with Crippen LogP contribution in [0, 0.1) is 0 Å². The molecule has 0 unspecified atom stereocenters. The van der Waals surface area contributed by atoms with Crippen LogP contribution in [0.25, 0.3) is 10.6 Å². The van der Waals surface area contributed by atoms with E-state index in [2.05, 4.69) is 15.3 Å². The van der Waals surface area contributed by atoms with E-state index in [1.165, 1.54) is 16.7 Å². The molecule has 25 heavy (non-hydrogen) atoms. The van der Waals surface area contributed by atoms with E-state index < -0.39 is 17.6 Å². The van der Waals surface area contributed by atoms with Crippen molar-refractivity contribution in [1.29, 1.82) is 0 Å². The summed E-state index contributed by atoms with van der Waals surface area (Å²) in [4.78, 5) is 20.3. The molecule has 0 spiro atoms. The Labute approximate surface area is 149 Å². The minimum Gasteiger partial charge on any atom is -0.319 e. The first kappa shape index (κ1) is 17.4. The normalized spacial score (nSPS) is 11.4. The molecule has 0 aliphatic heterocycles. The van der Waals surface area contributed by atoms with E-state index in [1.807, 2.05) is 0 Å². The first-order valence-electron chi connectivity index (χ1n) is 6.88. The van der Waals surface area contributed by atoms with Gasteiger partial charge in [-0.3, -0.25) is 9.78 Å². The molecule has 4 nitrogen and oxygen atoms in total. The van der Waals surface area contributed by atoms with E-state index in [4.69, 9.17) is 11.6 Å². The van der Waals surface area contributed by atoms with Crippen molar-refractivity contribution in [2.45, 2.75) is 6.18 Å². The van der Waals surface area contributed by atoms with Crippen molar-refractivity contribution >= 4 is 34.5 Å². The Morgan fingerprint density at radius 3 is 2.56 bits per heavy atom. The number of alkyl halides is 3. The quantitative estimate of drug-likeness (QED) is 0.682. The van der Waals surface area contributed by atoms with Crippen LogP contribution in [0.2, 0.25) is 5.02 Å². The summed E-state index contributed by atoms with van der Waals surface area (Å²) in [7, 11) is 0. The highest BCUT2D eigenvalue weighted by atomic mass is 35.5. The molecule has 9 heteroatoms. The summed E-state index contributed by atoms with van der Waals surface area (Å²) in [5, 5.41) is 4.49. The van der Waals surface area contributed by atoms with E-state index in [1.54, 1.807) is 24.5 Å². The van der Waals surface area contributed by atoms with Gasteiger partial charge in [-0.1, -0.05) is 11.6 Å². The number of hydrogen-bond acceptors (Lipinski definition) is 4. The zero-order valence-electron chi connectivity index (χ0n) is 12.3. The predicted molar refractivity (Wildman–Crippen MR) is 89.8 cm³/mol. The number of aromatic nitrogens is 2. The third-order valence-electron chi connectivity index (χ3n) is 3.21. The van der Waals surface area contributed by atoms with Gasteiger partial charge in [0.1, 0.15) is 10.7 Å². The smallest absolute Gasteiger partial charge is 0.319 e. The highest BCUT2D eigenvalue weighted by Crippen LogP contribution is 2.34. The van der Waals surface area contributed by atoms with Gasteiger partial charge in [-0.15, -0.1) is 11.3 Å². The second-order valence-corrected chi connectivity index (χ2v) is 6.19. The van der Waals surface area contributed by atoms with Gasteiger partial charge in [-0.05, 0) is 30.3 Å². The van der Waals surface area contributed by atoms with Crippen LogP contribution in [0.3, 0.4) is 0 Å². The fourth-order valence-corrected chi connectivity index (χ4v) is 2.96. The van der Waals surface area contributed by atoms with Gasteiger partial charge in [0.15, 0.2) is 0 Å². The van der Waals surface area contributed by atoms with E-state index in [0.29, 0.717) is 5.01 Å². The molecule has 2 heterocycles. The van der Waals surface area contributed by atoms with Gasteiger partial charge < -0.3 is 5.32 Å². The van der Waals surface area contributed by atoms with Gasteiger partial charge in [0.05, 0.1) is 16.3 Å². The van der Waals surface area contributed by atoms with Crippen LogP contribution in [0.4, 0.5) is 18.9 Å². The van der Waals surface area contributed by atoms with E-state index in [0.717, 1.165) is 23.8 Å². The maximum atomic E-state index is 12.8. The zero-order chi connectivity index (χ0) is 18.0. The number of benzene rings is 1. The molecule has 1 amide bonds. The van der Waals surface area contributed by atoms with Gasteiger partial charge >= 0.3 is 6.18 Å². The van der Waals surface area contributed by atoms with Crippen molar-refractivity contribution in [3.05, 3.63) is 64.4 Å². The molecule has 0 bridgehead atoms. The molecular weight excluding hydrogens is 375 g/mol. The molecule has 2 aromatic heterocycles. The van der Waals surface area contributed by atoms with Crippen LogP contribution < -0.4 is 5.32 Å². The van der Waals surface area contributed by atoms with Gasteiger partial charge in [0.2, 0.25) is 0 Å². The second kappa shape index (κ2) is 6.81. The number of hydrogen-bond donors (Lipinski definition) is 1. The standard InChI is InChI=1S/C16H9ClF3N3OS/c17-11-2-1-10(16(18,19)20)7-12(11)22-14(24)13-8-25-15(23-13)9-3-5-21-6-4-9/h1-8H,(H,22,24). The Morgan fingerprint density at radius 1 is 1.16 bits per heavy atom. The number of carbonyl (C=O) groups excluding carboxylic acids is 1. The second-order valence-electron chi connectivity index (χ2n) is 4.92. The Kier molecular flexibility index (Phi) is 4.73. The number of halogens is 4. The first-order valence-corrected chi connectivity index (χ1v) is 8.14. The number of anilines is 1. The molecule has 128 valence electrons. The third-order valence-corrected chi connectivity index (χ3v) is 4.43. The average molecular weight is 384 g/mol. The lowest BCUT2D eigenvalue weighted by molar-refractivity contribution is -0.137. The number of nitrogens with zero attached hydrogens (tertiary/aromatic N) is 2. The lowest BCUT2D eigenvalue weighted by atomic mass is 10.2. The van der Waals surface area contributed by atoms with Crippen LogP contribution in [-0.2, 0) is 6.18 Å². The predicted octanol–water partition coefficient (Wildman–Crippen LogP) is 5.13. The highest BCUT2D eigenvalue weighted by molar-refractivity contribution is 7.13. The number of amides is 1. The van der Waals surface area contributed by atoms with Crippen molar-refractivity contribution in [2.75, 3.05) is 5.32 Å². The monoisotopic (exact) mass is 383 g/mol. The summed E-state index contributed by atoms with van der Waals surface area (Å²) < 4.78 is 38.3. The molecule has 0 saturated heterocycles. The lowest BCUT2D eigenvalue weighted by Crippen LogP contribution is -2.14. The van der Waals surface area contributed by atoms with Gasteiger partial charge in [0, 0.05) is 23.3 Å². The number of rotatable bonds is 3. The van der Waals surface area contributed by atoms with Crippen molar-refractivity contribution in [1.82, 2.24) is 9.97 Å². The molecule has 3 aromatic rings. The van der Waals surface area contributed by atoms with Crippen LogP contribution in [-0.4, -0.2) is 15.9 Å². The highest BCUT2D eigenvalue weighted by Gasteiger charge is 2.31. The summed E-state index contributed by atoms with van der Waals surface area (Å²) in [6.07, 6.45) is -1.34. The summed E-state index contributed by atoms with van der Waals surface area (Å²) in [6.45, 7) is 0. The van der Waals surface area contributed by atoms with Crippen molar-refractivity contribution in [3.8, 4) is 10.6 Å². The number of pyridine rings is 1.